The molecule has 0 spiro atoms. The number of ether oxygens (including phenoxy) is 2. The molecule has 0 saturated carbocycles. The van der Waals surface area contributed by atoms with Crippen molar-refractivity contribution in [2.45, 2.75) is 64.2 Å². The van der Waals surface area contributed by atoms with Gasteiger partial charge in [0.1, 0.15) is 18.1 Å². The number of benzene rings is 3. The van der Waals surface area contributed by atoms with Crippen LogP contribution in [0.5, 0.6) is 11.5 Å². The van der Waals surface area contributed by atoms with Gasteiger partial charge in [0.2, 0.25) is 5.91 Å². The average molecular weight is 470 g/mol. The predicted molar refractivity (Wildman–Crippen MR) is 136 cm³/mol. The van der Waals surface area contributed by atoms with Crippen molar-refractivity contribution in [3.05, 3.63) is 89.5 Å². The Kier molecular flexibility index (Phi) is 6.84. The number of anilines is 1. The summed E-state index contributed by atoms with van der Waals surface area (Å²) in [5.74, 6) is 1.21. The van der Waals surface area contributed by atoms with Crippen LogP contribution in [-0.4, -0.2) is 23.8 Å². The number of hydrogen-bond acceptors (Lipinski definition) is 4. The van der Waals surface area contributed by atoms with Crippen LogP contribution in [0.3, 0.4) is 0 Å². The third-order valence-electron chi connectivity index (χ3n) is 6.83. The van der Waals surface area contributed by atoms with Crippen molar-refractivity contribution in [3.63, 3.8) is 0 Å². The Hall–Kier alpha value is -3.60. The molecule has 1 unspecified atom stereocenters. The van der Waals surface area contributed by atoms with Gasteiger partial charge in [0.15, 0.2) is 5.78 Å². The van der Waals surface area contributed by atoms with Gasteiger partial charge in [-0.15, -0.1) is 0 Å². The molecular formula is C30H31NO4. The highest BCUT2D eigenvalue weighted by Gasteiger charge is 2.41. The number of amides is 1. The molecule has 1 fully saturated rings. The monoisotopic (exact) mass is 469 g/mol. The zero-order chi connectivity index (χ0) is 24.2. The Labute approximate surface area is 206 Å². The number of hydrogen-bond donors (Lipinski definition) is 0. The molecule has 5 rings (SSSR count). The SMILES string of the molecule is CC(CCCc1ccccc1)Oc1cc(OCc2ccccc2)c2c(c1)N1C(=O)CC[C@H]1CC2=O. The van der Waals surface area contributed by atoms with Gasteiger partial charge in [0.05, 0.1) is 17.4 Å². The molecular weight excluding hydrogens is 438 g/mol. The molecule has 0 aliphatic carbocycles. The molecule has 2 aliphatic heterocycles. The molecule has 1 amide bonds. The lowest BCUT2D eigenvalue weighted by molar-refractivity contribution is -0.117. The maximum Gasteiger partial charge on any atom is 0.227 e. The molecule has 3 aromatic rings. The van der Waals surface area contributed by atoms with E-state index in [1.54, 1.807) is 4.90 Å². The third-order valence-corrected chi connectivity index (χ3v) is 6.83. The van der Waals surface area contributed by atoms with Crippen LogP contribution in [0.1, 0.15) is 60.5 Å². The molecule has 5 heteroatoms. The van der Waals surface area contributed by atoms with Crippen LogP contribution >= 0.6 is 0 Å². The Morgan fingerprint density at radius 3 is 2.43 bits per heavy atom. The number of ketones is 1. The number of nitrogens with zero attached hydrogens (tertiary/aromatic N) is 1. The number of Topliss-reactive ketones (excluding diaryl/α,β-unsaturated/α-hetero) is 1. The van der Waals surface area contributed by atoms with Gasteiger partial charge in [0, 0.05) is 31.0 Å². The first-order valence-electron chi connectivity index (χ1n) is 12.5. The summed E-state index contributed by atoms with van der Waals surface area (Å²) < 4.78 is 12.5. The predicted octanol–water partition coefficient (Wildman–Crippen LogP) is 6.14. The molecule has 2 aliphatic rings. The smallest absolute Gasteiger partial charge is 0.227 e. The van der Waals surface area contributed by atoms with Crippen LogP contribution in [-0.2, 0) is 17.8 Å². The first kappa shape index (κ1) is 23.2. The molecule has 1 saturated heterocycles. The van der Waals surface area contributed by atoms with Crippen LogP contribution in [0.2, 0.25) is 0 Å². The molecule has 180 valence electrons. The quantitative estimate of drug-likeness (QED) is 0.378. The van der Waals surface area contributed by atoms with Gasteiger partial charge >= 0.3 is 0 Å². The summed E-state index contributed by atoms with van der Waals surface area (Å²) in [4.78, 5) is 27.6. The van der Waals surface area contributed by atoms with E-state index in [1.165, 1.54) is 5.56 Å². The summed E-state index contributed by atoms with van der Waals surface area (Å²) in [6.07, 6.45) is 4.43. The highest BCUT2D eigenvalue weighted by Crippen LogP contribution is 2.44. The van der Waals surface area contributed by atoms with E-state index in [-0.39, 0.29) is 23.8 Å². The summed E-state index contributed by atoms with van der Waals surface area (Å²) in [7, 11) is 0. The largest absolute Gasteiger partial charge is 0.491 e. The number of carbonyl (C=O) groups is 2. The zero-order valence-electron chi connectivity index (χ0n) is 20.1. The molecule has 3 aromatic carbocycles. The van der Waals surface area contributed by atoms with Crippen LogP contribution in [0.15, 0.2) is 72.8 Å². The van der Waals surface area contributed by atoms with Crippen LogP contribution in [0, 0.1) is 0 Å². The highest BCUT2D eigenvalue weighted by molar-refractivity contribution is 6.12. The van der Waals surface area contributed by atoms with E-state index in [4.69, 9.17) is 9.47 Å². The normalized spacial score (nSPS) is 17.6. The van der Waals surface area contributed by atoms with E-state index in [0.29, 0.717) is 48.6 Å². The zero-order valence-corrected chi connectivity index (χ0v) is 20.1. The fourth-order valence-electron chi connectivity index (χ4n) is 5.08. The van der Waals surface area contributed by atoms with Gasteiger partial charge in [-0.2, -0.15) is 0 Å². The highest BCUT2D eigenvalue weighted by atomic mass is 16.5. The Morgan fingerprint density at radius 2 is 1.69 bits per heavy atom. The van der Waals surface area contributed by atoms with Gasteiger partial charge in [-0.3, -0.25) is 9.59 Å². The minimum Gasteiger partial charge on any atom is -0.491 e. The Balaban J connectivity index is 1.37. The second kappa shape index (κ2) is 10.3. The maximum absolute atomic E-state index is 13.1. The minimum atomic E-state index is -0.0666. The number of fused-ring (bicyclic) bond motifs is 3. The Morgan fingerprint density at radius 1 is 0.971 bits per heavy atom. The number of carbonyl (C=O) groups excluding carboxylic acids is 2. The standard InChI is InChI=1S/C30H31NO4/c1-21(9-8-14-22-10-4-2-5-11-22)35-25-18-26-30(27(32)17-24-15-16-29(33)31(24)26)28(19-25)34-20-23-12-6-3-7-13-23/h2-7,10-13,18-19,21,24H,8-9,14-17,20H2,1H3/t21?,24-/m0/s1. The lowest BCUT2D eigenvalue weighted by Crippen LogP contribution is -2.39. The number of aryl methyl sites for hydroxylation is 1. The van der Waals surface area contributed by atoms with Crippen molar-refractivity contribution >= 4 is 17.4 Å². The van der Waals surface area contributed by atoms with Crippen LogP contribution in [0.25, 0.3) is 0 Å². The van der Waals surface area contributed by atoms with Crippen LogP contribution < -0.4 is 14.4 Å². The lowest BCUT2D eigenvalue weighted by Gasteiger charge is -2.32. The average Bonchev–Trinajstić information content (AvgIpc) is 3.24. The van der Waals surface area contributed by atoms with Crippen LogP contribution in [0.4, 0.5) is 5.69 Å². The van der Waals surface area contributed by atoms with Gasteiger partial charge in [-0.05, 0) is 43.7 Å². The second-order valence-electron chi connectivity index (χ2n) is 9.48. The molecule has 0 bridgehead atoms. The van der Waals surface area contributed by atoms with Gasteiger partial charge in [-0.25, -0.2) is 0 Å². The van der Waals surface area contributed by atoms with Gasteiger partial charge in [-0.1, -0.05) is 60.7 Å². The first-order chi connectivity index (χ1) is 17.1. The topological polar surface area (TPSA) is 55.8 Å². The summed E-state index contributed by atoms with van der Waals surface area (Å²) in [5.41, 5.74) is 3.46. The Bertz CT molecular complexity index is 1190. The molecule has 5 nitrogen and oxygen atoms in total. The van der Waals surface area contributed by atoms with Gasteiger partial charge < -0.3 is 14.4 Å². The molecule has 0 N–H and O–H groups in total. The van der Waals surface area contributed by atoms with Crippen molar-refractivity contribution in [1.82, 2.24) is 0 Å². The van der Waals surface area contributed by atoms with Crippen molar-refractivity contribution in [2.24, 2.45) is 0 Å². The lowest BCUT2D eigenvalue weighted by atomic mass is 9.94. The van der Waals surface area contributed by atoms with Crippen molar-refractivity contribution < 1.29 is 19.1 Å². The third kappa shape index (κ3) is 5.24. The fourth-order valence-corrected chi connectivity index (χ4v) is 5.08. The van der Waals surface area contributed by atoms with E-state index in [1.807, 2.05) is 48.5 Å². The summed E-state index contributed by atoms with van der Waals surface area (Å²) in [6, 6.07) is 23.9. The summed E-state index contributed by atoms with van der Waals surface area (Å²) in [6.45, 7) is 2.40. The molecule has 0 radical (unpaired) electrons. The molecule has 0 aromatic heterocycles. The van der Waals surface area contributed by atoms with E-state index in [9.17, 15) is 9.59 Å². The minimum absolute atomic E-state index is 0.0110. The number of rotatable bonds is 9. The summed E-state index contributed by atoms with van der Waals surface area (Å²) >= 11 is 0. The van der Waals surface area contributed by atoms with E-state index >= 15 is 0 Å². The maximum atomic E-state index is 13.1. The second-order valence-corrected chi connectivity index (χ2v) is 9.48. The molecule has 35 heavy (non-hydrogen) atoms. The fraction of sp³-hybridized carbons (Fsp3) is 0.333. The molecule has 2 atom stereocenters. The van der Waals surface area contributed by atoms with Crippen molar-refractivity contribution in [2.75, 3.05) is 4.90 Å². The van der Waals surface area contributed by atoms with Crippen molar-refractivity contribution in [3.8, 4) is 11.5 Å². The van der Waals surface area contributed by atoms with Crippen molar-refractivity contribution in [1.29, 1.82) is 0 Å². The summed E-state index contributed by atoms with van der Waals surface area (Å²) in [5, 5.41) is 0. The van der Waals surface area contributed by atoms with E-state index < -0.39 is 0 Å². The molecule has 2 heterocycles. The van der Waals surface area contributed by atoms with Gasteiger partial charge in [0.25, 0.3) is 0 Å². The van der Waals surface area contributed by atoms with E-state index in [2.05, 4.69) is 31.2 Å². The van der Waals surface area contributed by atoms with E-state index in [0.717, 1.165) is 24.8 Å². The first-order valence-corrected chi connectivity index (χ1v) is 12.5.